The van der Waals surface area contributed by atoms with Crippen molar-refractivity contribution in [2.75, 3.05) is 18.4 Å². The van der Waals surface area contributed by atoms with Gasteiger partial charge >= 0.3 is 0 Å². The predicted octanol–water partition coefficient (Wildman–Crippen LogP) is 3.61. The van der Waals surface area contributed by atoms with Gasteiger partial charge in [-0.25, -0.2) is 0 Å². The minimum absolute atomic E-state index is 0.0161. The first-order valence-electron chi connectivity index (χ1n) is 6.76. The Morgan fingerprint density at radius 3 is 2.74 bits per heavy atom. The standard InChI is InChI=1S/C15H23ClN2O/c1-11(2)7-9-17-10-8-15(19)18-14-6-4-5-13(16)12(14)3/h4-6,11,17H,7-10H2,1-3H3,(H,18,19). The summed E-state index contributed by atoms with van der Waals surface area (Å²) in [5.41, 5.74) is 1.70. The van der Waals surface area contributed by atoms with E-state index in [0.717, 1.165) is 24.2 Å². The molecule has 0 fully saturated rings. The zero-order chi connectivity index (χ0) is 14.3. The van der Waals surface area contributed by atoms with Crippen molar-refractivity contribution in [2.45, 2.75) is 33.6 Å². The van der Waals surface area contributed by atoms with Crippen molar-refractivity contribution < 1.29 is 4.79 Å². The molecule has 0 heterocycles. The molecule has 19 heavy (non-hydrogen) atoms. The molecule has 4 heteroatoms. The molecule has 1 aromatic rings. The third-order valence-corrected chi connectivity index (χ3v) is 3.38. The van der Waals surface area contributed by atoms with E-state index in [-0.39, 0.29) is 5.91 Å². The molecule has 0 unspecified atom stereocenters. The predicted molar refractivity (Wildman–Crippen MR) is 81.8 cm³/mol. The van der Waals surface area contributed by atoms with Crippen molar-refractivity contribution in [1.82, 2.24) is 5.32 Å². The molecule has 106 valence electrons. The Bertz CT molecular complexity index is 419. The maximum atomic E-state index is 11.8. The molecular formula is C15H23ClN2O. The van der Waals surface area contributed by atoms with Gasteiger partial charge in [-0.2, -0.15) is 0 Å². The molecule has 0 aliphatic rings. The molecule has 0 aliphatic heterocycles. The van der Waals surface area contributed by atoms with Gasteiger partial charge in [0.1, 0.15) is 0 Å². The summed E-state index contributed by atoms with van der Waals surface area (Å²) in [6, 6.07) is 5.52. The number of carbonyl (C=O) groups excluding carboxylic acids is 1. The van der Waals surface area contributed by atoms with Crippen LogP contribution < -0.4 is 10.6 Å². The Labute approximate surface area is 120 Å². The summed E-state index contributed by atoms with van der Waals surface area (Å²) in [7, 11) is 0. The monoisotopic (exact) mass is 282 g/mol. The third kappa shape index (κ3) is 6.08. The van der Waals surface area contributed by atoms with Crippen LogP contribution in [0.4, 0.5) is 5.69 Å². The van der Waals surface area contributed by atoms with Crippen LogP contribution in [0.3, 0.4) is 0 Å². The van der Waals surface area contributed by atoms with E-state index in [1.807, 2.05) is 25.1 Å². The zero-order valence-electron chi connectivity index (χ0n) is 11.9. The van der Waals surface area contributed by atoms with Crippen molar-refractivity contribution in [3.05, 3.63) is 28.8 Å². The average Bonchev–Trinajstić information content (AvgIpc) is 2.34. The largest absolute Gasteiger partial charge is 0.326 e. The Morgan fingerprint density at radius 1 is 1.32 bits per heavy atom. The van der Waals surface area contributed by atoms with Crippen molar-refractivity contribution in [1.29, 1.82) is 0 Å². The maximum Gasteiger partial charge on any atom is 0.225 e. The molecule has 0 aliphatic carbocycles. The fourth-order valence-electron chi connectivity index (χ4n) is 1.67. The van der Waals surface area contributed by atoms with Gasteiger partial charge in [0.05, 0.1) is 0 Å². The molecule has 0 bridgehead atoms. The summed E-state index contributed by atoms with van der Waals surface area (Å²) in [4.78, 5) is 11.8. The van der Waals surface area contributed by atoms with Gasteiger partial charge < -0.3 is 10.6 Å². The van der Waals surface area contributed by atoms with Crippen LogP contribution in [-0.4, -0.2) is 19.0 Å². The van der Waals surface area contributed by atoms with E-state index in [2.05, 4.69) is 24.5 Å². The van der Waals surface area contributed by atoms with E-state index in [4.69, 9.17) is 11.6 Å². The number of nitrogens with one attached hydrogen (secondary N) is 2. The number of carbonyl (C=O) groups is 1. The van der Waals surface area contributed by atoms with Crippen LogP contribution >= 0.6 is 11.6 Å². The van der Waals surface area contributed by atoms with Crippen LogP contribution in [-0.2, 0) is 4.79 Å². The summed E-state index contributed by atoms with van der Waals surface area (Å²) in [5, 5.41) is 6.83. The lowest BCUT2D eigenvalue weighted by Gasteiger charge is -2.10. The van der Waals surface area contributed by atoms with Gasteiger partial charge in [-0.05, 0) is 43.5 Å². The molecule has 0 saturated carbocycles. The molecule has 0 radical (unpaired) electrons. The quantitative estimate of drug-likeness (QED) is 0.750. The molecule has 0 aromatic heterocycles. The van der Waals surface area contributed by atoms with Crippen LogP contribution in [0.2, 0.25) is 5.02 Å². The molecule has 3 nitrogen and oxygen atoms in total. The highest BCUT2D eigenvalue weighted by Crippen LogP contribution is 2.22. The van der Waals surface area contributed by atoms with Crippen molar-refractivity contribution in [3.8, 4) is 0 Å². The lowest BCUT2D eigenvalue weighted by atomic mass is 10.1. The molecule has 0 saturated heterocycles. The van der Waals surface area contributed by atoms with Gasteiger partial charge in [-0.3, -0.25) is 4.79 Å². The number of anilines is 1. The minimum Gasteiger partial charge on any atom is -0.326 e. The van der Waals surface area contributed by atoms with Crippen LogP contribution in [0.25, 0.3) is 0 Å². The SMILES string of the molecule is Cc1c(Cl)cccc1NC(=O)CCNCCC(C)C. The lowest BCUT2D eigenvalue weighted by Crippen LogP contribution is -2.23. The van der Waals surface area contributed by atoms with Gasteiger partial charge in [-0.15, -0.1) is 0 Å². The summed E-state index contributed by atoms with van der Waals surface area (Å²) in [6.45, 7) is 7.95. The summed E-state index contributed by atoms with van der Waals surface area (Å²) in [5.74, 6) is 0.706. The fraction of sp³-hybridized carbons (Fsp3) is 0.533. The number of rotatable bonds is 7. The zero-order valence-corrected chi connectivity index (χ0v) is 12.7. The Morgan fingerprint density at radius 2 is 2.05 bits per heavy atom. The highest BCUT2D eigenvalue weighted by Gasteiger charge is 2.06. The highest BCUT2D eigenvalue weighted by molar-refractivity contribution is 6.31. The number of benzene rings is 1. The molecule has 1 rings (SSSR count). The lowest BCUT2D eigenvalue weighted by molar-refractivity contribution is -0.116. The van der Waals surface area contributed by atoms with Gasteiger partial charge in [-0.1, -0.05) is 31.5 Å². The number of hydrogen-bond donors (Lipinski definition) is 2. The Kier molecular flexibility index (Phi) is 6.89. The summed E-state index contributed by atoms with van der Waals surface area (Å²) < 4.78 is 0. The number of hydrogen-bond acceptors (Lipinski definition) is 2. The van der Waals surface area contributed by atoms with E-state index in [1.165, 1.54) is 0 Å². The minimum atomic E-state index is 0.0161. The summed E-state index contributed by atoms with van der Waals surface area (Å²) in [6.07, 6.45) is 1.61. The van der Waals surface area contributed by atoms with Crippen LogP contribution in [0.5, 0.6) is 0 Å². The second kappa shape index (κ2) is 8.18. The molecule has 1 aromatic carbocycles. The summed E-state index contributed by atoms with van der Waals surface area (Å²) >= 11 is 6.01. The highest BCUT2D eigenvalue weighted by atomic mass is 35.5. The molecule has 0 atom stereocenters. The molecule has 0 spiro atoms. The van der Waals surface area contributed by atoms with E-state index >= 15 is 0 Å². The Hall–Kier alpha value is -1.06. The van der Waals surface area contributed by atoms with Crippen LogP contribution in [0.1, 0.15) is 32.3 Å². The topological polar surface area (TPSA) is 41.1 Å². The number of halogens is 1. The Balaban J connectivity index is 2.29. The molecule has 1 amide bonds. The fourth-order valence-corrected chi connectivity index (χ4v) is 1.85. The average molecular weight is 283 g/mol. The smallest absolute Gasteiger partial charge is 0.225 e. The van der Waals surface area contributed by atoms with Gasteiger partial charge in [0, 0.05) is 23.7 Å². The van der Waals surface area contributed by atoms with E-state index in [0.29, 0.717) is 23.9 Å². The van der Waals surface area contributed by atoms with Crippen molar-refractivity contribution in [2.24, 2.45) is 5.92 Å². The van der Waals surface area contributed by atoms with Crippen LogP contribution in [0.15, 0.2) is 18.2 Å². The van der Waals surface area contributed by atoms with E-state index in [9.17, 15) is 4.79 Å². The second-order valence-corrected chi connectivity index (χ2v) is 5.55. The second-order valence-electron chi connectivity index (χ2n) is 5.14. The number of amides is 1. The first-order valence-corrected chi connectivity index (χ1v) is 7.14. The first kappa shape index (κ1) is 16.0. The molecular weight excluding hydrogens is 260 g/mol. The van der Waals surface area contributed by atoms with E-state index < -0.39 is 0 Å². The van der Waals surface area contributed by atoms with E-state index in [1.54, 1.807) is 0 Å². The van der Waals surface area contributed by atoms with Gasteiger partial charge in [0.2, 0.25) is 5.91 Å². The third-order valence-electron chi connectivity index (χ3n) is 2.97. The van der Waals surface area contributed by atoms with Crippen molar-refractivity contribution >= 4 is 23.2 Å². The normalized spacial score (nSPS) is 10.8. The maximum absolute atomic E-state index is 11.8. The van der Waals surface area contributed by atoms with Gasteiger partial charge in [0.25, 0.3) is 0 Å². The van der Waals surface area contributed by atoms with Crippen LogP contribution in [0, 0.1) is 12.8 Å². The van der Waals surface area contributed by atoms with Gasteiger partial charge in [0.15, 0.2) is 0 Å². The molecule has 2 N–H and O–H groups in total. The first-order chi connectivity index (χ1) is 9.00. The van der Waals surface area contributed by atoms with Crippen molar-refractivity contribution in [3.63, 3.8) is 0 Å².